The van der Waals surface area contributed by atoms with E-state index in [0.717, 1.165) is 19.6 Å². The van der Waals surface area contributed by atoms with Gasteiger partial charge >= 0.3 is 0 Å². The zero-order valence-corrected chi connectivity index (χ0v) is 16.4. The Morgan fingerprint density at radius 1 is 0.862 bits per heavy atom. The zero-order chi connectivity index (χ0) is 20.4. The van der Waals surface area contributed by atoms with Gasteiger partial charge in [0.05, 0.1) is 0 Å². The number of benzene rings is 2. The standard InChI is InChI=1S/C23H23N3O3/c1-16(27)24-20-21(23(29)19-10-6-5-9-18(19)22(20)28)26-13-11-25(12-14-26)15-17-7-3-2-4-8-17/h2-10H,11-15H2,1H3,(H,24,27). The number of piperazine rings is 1. The minimum Gasteiger partial charge on any atom is -0.364 e. The molecule has 0 radical (unpaired) electrons. The van der Waals surface area contributed by atoms with Crippen molar-refractivity contribution in [3.63, 3.8) is 0 Å². The molecule has 1 amide bonds. The highest BCUT2D eigenvalue weighted by Crippen LogP contribution is 2.28. The highest BCUT2D eigenvalue weighted by molar-refractivity contribution is 6.27. The average Bonchev–Trinajstić information content (AvgIpc) is 2.73. The van der Waals surface area contributed by atoms with Crippen LogP contribution in [0.2, 0.25) is 0 Å². The Morgan fingerprint density at radius 3 is 2.07 bits per heavy atom. The topological polar surface area (TPSA) is 69.7 Å². The summed E-state index contributed by atoms with van der Waals surface area (Å²) in [6, 6.07) is 17.0. The van der Waals surface area contributed by atoms with Crippen LogP contribution in [0.5, 0.6) is 0 Å². The third kappa shape index (κ3) is 3.84. The van der Waals surface area contributed by atoms with Gasteiger partial charge in [-0.15, -0.1) is 0 Å². The Kier molecular flexibility index (Phi) is 5.27. The van der Waals surface area contributed by atoms with E-state index >= 15 is 0 Å². The van der Waals surface area contributed by atoms with Crippen molar-refractivity contribution in [3.05, 3.63) is 82.7 Å². The van der Waals surface area contributed by atoms with Crippen molar-refractivity contribution in [2.45, 2.75) is 13.5 Å². The molecule has 1 heterocycles. The number of fused-ring (bicyclic) bond motifs is 1. The van der Waals surface area contributed by atoms with Crippen molar-refractivity contribution in [3.8, 4) is 0 Å². The first-order valence-corrected chi connectivity index (χ1v) is 9.76. The quantitative estimate of drug-likeness (QED) is 0.869. The smallest absolute Gasteiger partial charge is 0.221 e. The van der Waals surface area contributed by atoms with E-state index in [4.69, 9.17) is 0 Å². The van der Waals surface area contributed by atoms with Crippen molar-refractivity contribution in [1.82, 2.24) is 15.1 Å². The average molecular weight is 389 g/mol. The van der Waals surface area contributed by atoms with E-state index in [0.29, 0.717) is 29.9 Å². The monoisotopic (exact) mass is 389 g/mol. The lowest BCUT2D eigenvalue weighted by atomic mass is 9.89. The normalized spacial score (nSPS) is 17.3. The number of amides is 1. The van der Waals surface area contributed by atoms with Crippen LogP contribution in [0.25, 0.3) is 0 Å². The second-order valence-corrected chi connectivity index (χ2v) is 7.36. The number of carbonyl (C=O) groups is 3. The van der Waals surface area contributed by atoms with E-state index in [2.05, 4.69) is 22.3 Å². The summed E-state index contributed by atoms with van der Waals surface area (Å²) in [6.07, 6.45) is 0. The fourth-order valence-corrected chi connectivity index (χ4v) is 3.93. The van der Waals surface area contributed by atoms with Crippen LogP contribution in [0.4, 0.5) is 0 Å². The molecular formula is C23H23N3O3. The number of hydrogen-bond acceptors (Lipinski definition) is 5. The summed E-state index contributed by atoms with van der Waals surface area (Å²) in [6.45, 7) is 4.98. The lowest BCUT2D eigenvalue weighted by molar-refractivity contribution is -0.118. The number of rotatable bonds is 4. The minimum atomic E-state index is -0.360. The van der Waals surface area contributed by atoms with Gasteiger partial charge in [0.15, 0.2) is 0 Å². The highest BCUT2D eigenvalue weighted by atomic mass is 16.2. The predicted octanol–water partition coefficient (Wildman–Crippen LogP) is 2.23. The number of nitrogens with zero attached hydrogens (tertiary/aromatic N) is 2. The van der Waals surface area contributed by atoms with Crippen LogP contribution in [-0.4, -0.2) is 53.5 Å². The van der Waals surface area contributed by atoms with Crippen LogP contribution < -0.4 is 5.32 Å². The second-order valence-electron chi connectivity index (χ2n) is 7.36. The van der Waals surface area contributed by atoms with Crippen molar-refractivity contribution in [2.24, 2.45) is 0 Å². The molecule has 6 heteroatoms. The van der Waals surface area contributed by atoms with Crippen LogP contribution in [0, 0.1) is 0 Å². The zero-order valence-electron chi connectivity index (χ0n) is 16.4. The van der Waals surface area contributed by atoms with Gasteiger partial charge in [0.1, 0.15) is 11.4 Å². The number of hydrogen-bond donors (Lipinski definition) is 1. The summed E-state index contributed by atoms with van der Waals surface area (Å²) in [4.78, 5) is 42.2. The Hall–Kier alpha value is -3.25. The molecule has 2 aromatic carbocycles. The number of ketones is 2. The summed E-state index contributed by atoms with van der Waals surface area (Å²) in [5, 5.41) is 2.62. The summed E-state index contributed by atoms with van der Waals surface area (Å²) >= 11 is 0. The molecular weight excluding hydrogens is 366 g/mol. The van der Waals surface area contributed by atoms with Crippen LogP contribution in [-0.2, 0) is 11.3 Å². The van der Waals surface area contributed by atoms with Crippen LogP contribution >= 0.6 is 0 Å². The molecule has 0 spiro atoms. The molecule has 29 heavy (non-hydrogen) atoms. The Labute approximate surface area is 169 Å². The largest absolute Gasteiger partial charge is 0.364 e. The molecule has 0 bridgehead atoms. The van der Waals surface area contributed by atoms with Gasteiger partial charge in [0.25, 0.3) is 0 Å². The van der Waals surface area contributed by atoms with Crippen LogP contribution in [0.1, 0.15) is 33.2 Å². The molecule has 0 aromatic heterocycles. The lowest BCUT2D eigenvalue weighted by Gasteiger charge is -2.38. The predicted molar refractivity (Wildman–Crippen MR) is 109 cm³/mol. The molecule has 1 aliphatic carbocycles. The van der Waals surface area contributed by atoms with Crippen LogP contribution in [0.3, 0.4) is 0 Å². The molecule has 0 unspecified atom stereocenters. The molecule has 1 N–H and O–H groups in total. The molecule has 148 valence electrons. The van der Waals surface area contributed by atoms with Crippen molar-refractivity contribution in [2.75, 3.05) is 26.2 Å². The Morgan fingerprint density at radius 2 is 1.45 bits per heavy atom. The van der Waals surface area contributed by atoms with Gasteiger partial charge in [-0.25, -0.2) is 0 Å². The van der Waals surface area contributed by atoms with Gasteiger partial charge in [-0.1, -0.05) is 54.6 Å². The fourth-order valence-electron chi connectivity index (χ4n) is 3.93. The van der Waals surface area contributed by atoms with Crippen molar-refractivity contribution in [1.29, 1.82) is 0 Å². The molecule has 6 nitrogen and oxygen atoms in total. The molecule has 0 atom stereocenters. The number of Topliss-reactive ketones (excluding diaryl/α,β-unsaturated/α-hetero) is 2. The molecule has 2 aliphatic rings. The van der Waals surface area contributed by atoms with Gasteiger partial charge in [-0.3, -0.25) is 19.3 Å². The van der Waals surface area contributed by atoms with E-state index in [1.165, 1.54) is 12.5 Å². The third-order valence-corrected chi connectivity index (χ3v) is 5.33. The molecule has 1 fully saturated rings. The summed E-state index contributed by atoms with van der Waals surface area (Å²) in [5.74, 6) is -0.877. The molecule has 1 aliphatic heterocycles. The second kappa shape index (κ2) is 8.01. The van der Waals surface area contributed by atoms with Crippen molar-refractivity contribution >= 4 is 17.5 Å². The SMILES string of the molecule is CC(=O)NC1=C(N2CCN(Cc3ccccc3)CC2)C(=O)c2ccccc2C1=O. The fraction of sp³-hybridized carbons (Fsp3) is 0.261. The maximum absolute atomic E-state index is 13.2. The first-order valence-electron chi connectivity index (χ1n) is 9.76. The van der Waals surface area contributed by atoms with Gasteiger partial charge < -0.3 is 10.2 Å². The first-order chi connectivity index (χ1) is 14.0. The summed E-state index contributed by atoms with van der Waals surface area (Å²) < 4.78 is 0. The number of nitrogens with one attached hydrogen (secondary N) is 1. The Balaban J connectivity index is 1.58. The first kappa shape index (κ1) is 19.1. The van der Waals surface area contributed by atoms with E-state index in [1.807, 2.05) is 23.1 Å². The van der Waals surface area contributed by atoms with E-state index in [-0.39, 0.29) is 23.2 Å². The van der Waals surface area contributed by atoms with Gasteiger partial charge in [-0.05, 0) is 5.56 Å². The number of allylic oxidation sites excluding steroid dienone is 2. The van der Waals surface area contributed by atoms with E-state index in [9.17, 15) is 14.4 Å². The maximum Gasteiger partial charge on any atom is 0.221 e. The lowest BCUT2D eigenvalue weighted by Crippen LogP contribution is -2.49. The molecule has 2 aromatic rings. The third-order valence-electron chi connectivity index (χ3n) is 5.33. The maximum atomic E-state index is 13.2. The molecule has 4 rings (SSSR count). The van der Waals surface area contributed by atoms with Crippen LogP contribution in [0.15, 0.2) is 66.0 Å². The summed E-state index contributed by atoms with van der Waals surface area (Å²) in [7, 11) is 0. The Bertz CT molecular complexity index is 989. The van der Waals surface area contributed by atoms with Crippen molar-refractivity contribution < 1.29 is 14.4 Å². The number of carbonyl (C=O) groups excluding carboxylic acids is 3. The minimum absolute atomic E-state index is 0.0951. The molecule has 1 saturated heterocycles. The summed E-state index contributed by atoms with van der Waals surface area (Å²) in [5.41, 5.74) is 2.39. The van der Waals surface area contributed by atoms with Gasteiger partial charge in [0.2, 0.25) is 17.5 Å². The van der Waals surface area contributed by atoms with Gasteiger partial charge in [0, 0.05) is 50.8 Å². The molecule has 0 saturated carbocycles. The van der Waals surface area contributed by atoms with E-state index < -0.39 is 0 Å². The van der Waals surface area contributed by atoms with E-state index in [1.54, 1.807) is 24.3 Å². The highest BCUT2D eigenvalue weighted by Gasteiger charge is 2.36. The van der Waals surface area contributed by atoms with Gasteiger partial charge in [-0.2, -0.15) is 0 Å².